The molecule has 0 radical (unpaired) electrons. The number of hydrogen-bond donors (Lipinski definition) is 3. The van der Waals surface area contributed by atoms with Gasteiger partial charge in [-0.05, 0) is 38.1 Å². The largest absolute Gasteiger partial charge is 0.491 e. The van der Waals surface area contributed by atoms with Gasteiger partial charge < -0.3 is 20.9 Å². The molecular formula is C14H21BrN2O3. The minimum atomic E-state index is -0.651. The number of nitrogens with two attached hydrogens (primary N) is 1. The molecule has 1 atom stereocenters. The van der Waals surface area contributed by atoms with Crippen LogP contribution in [0.1, 0.15) is 13.8 Å². The quantitative estimate of drug-likeness (QED) is 0.663. The van der Waals surface area contributed by atoms with Gasteiger partial charge in [-0.25, -0.2) is 0 Å². The third-order valence-electron chi connectivity index (χ3n) is 2.87. The van der Waals surface area contributed by atoms with Crippen LogP contribution in [0.2, 0.25) is 0 Å². The van der Waals surface area contributed by atoms with Gasteiger partial charge in [0.15, 0.2) is 0 Å². The van der Waals surface area contributed by atoms with E-state index in [1.165, 1.54) is 0 Å². The first-order chi connectivity index (χ1) is 9.31. The number of halogens is 1. The molecule has 4 N–H and O–H groups in total. The van der Waals surface area contributed by atoms with Crippen LogP contribution in [0.5, 0.6) is 5.75 Å². The van der Waals surface area contributed by atoms with Crippen LogP contribution in [-0.4, -0.2) is 36.8 Å². The molecule has 1 aromatic carbocycles. The first-order valence-electron chi connectivity index (χ1n) is 6.38. The van der Waals surface area contributed by atoms with E-state index >= 15 is 0 Å². The van der Waals surface area contributed by atoms with Crippen LogP contribution in [-0.2, 0) is 4.79 Å². The van der Waals surface area contributed by atoms with Crippen molar-refractivity contribution in [2.75, 3.05) is 19.7 Å². The number of primary amides is 1. The van der Waals surface area contributed by atoms with Crippen LogP contribution in [0, 0.1) is 5.41 Å². The molecule has 0 heterocycles. The van der Waals surface area contributed by atoms with Crippen LogP contribution >= 0.6 is 15.9 Å². The fourth-order valence-corrected chi connectivity index (χ4v) is 1.68. The third kappa shape index (κ3) is 5.90. The van der Waals surface area contributed by atoms with Gasteiger partial charge in [0.1, 0.15) is 18.5 Å². The average molecular weight is 345 g/mol. The average Bonchev–Trinajstić information content (AvgIpc) is 2.37. The second kappa shape index (κ2) is 7.61. The Labute approximate surface area is 127 Å². The maximum atomic E-state index is 11.1. The number of ether oxygens (including phenoxy) is 1. The van der Waals surface area contributed by atoms with Crippen molar-refractivity contribution in [3.63, 3.8) is 0 Å². The fraction of sp³-hybridized carbons (Fsp3) is 0.500. The molecule has 1 aromatic rings. The zero-order valence-electron chi connectivity index (χ0n) is 11.7. The third-order valence-corrected chi connectivity index (χ3v) is 3.40. The van der Waals surface area contributed by atoms with Gasteiger partial charge in [0.2, 0.25) is 5.91 Å². The molecule has 1 rings (SSSR count). The van der Waals surface area contributed by atoms with Crippen LogP contribution in [0.4, 0.5) is 0 Å². The molecule has 0 fully saturated rings. The number of benzene rings is 1. The normalized spacial score (nSPS) is 13.0. The van der Waals surface area contributed by atoms with E-state index in [0.717, 1.165) is 4.47 Å². The van der Waals surface area contributed by atoms with Crippen molar-refractivity contribution in [3.05, 3.63) is 28.7 Å². The summed E-state index contributed by atoms with van der Waals surface area (Å²) < 4.78 is 6.42. The van der Waals surface area contributed by atoms with E-state index in [1.807, 2.05) is 24.3 Å². The minimum absolute atomic E-state index is 0.186. The maximum absolute atomic E-state index is 11.1. The topological polar surface area (TPSA) is 84.6 Å². The molecule has 0 spiro atoms. The van der Waals surface area contributed by atoms with Gasteiger partial charge in [-0.1, -0.05) is 15.9 Å². The number of aliphatic hydroxyl groups is 1. The molecule has 1 amide bonds. The highest BCUT2D eigenvalue weighted by Crippen LogP contribution is 2.16. The highest BCUT2D eigenvalue weighted by molar-refractivity contribution is 9.10. The van der Waals surface area contributed by atoms with Gasteiger partial charge in [-0.3, -0.25) is 4.79 Å². The second-order valence-corrected chi connectivity index (χ2v) is 6.21. The minimum Gasteiger partial charge on any atom is -0.491 e. The summed E-state index contributed by atoms with van der Waals surface area (Å²) in [5.41, 5.74) is 4.63. The van der Waals surface area contributed by atoms with Crippen molar-refractivity contribution in [2.45, 2.75) is 20.0 Å². The summed E-state index contributed by atoms with van der Waals surface area (Å²) >= 11 is 3.34. The lowest BCUT2D eigenvalue weighted by Crippen LogP contribution is -2.43. The molecule has 0 aromatic heterocycles. The van der Waals surface area contributed by atoms with E-state index in [9.17, 15) is 9.90 Å². The number of hydrogen-bond acceptors (Lipinski definition) is 4. The molecule has 112 valence electrons. The van der Waals surface area contributed by atoms with E-state index in [2.05, 4.69) is 21.2 Å². The van der Waals surface area contributed by atoms with Crippen LogP contribution in [0.3, 0.4) is 0 Å². The zero-order chi connectivity index (χ0) is 15.2. The number of carbonyl (C=O) groups is 1. The van der Waals surface area contributed by atoms with Crippen molar-refractivity contribution in [3.8, 4) is 5.75 Å². The maximum Gasteiger partial charge on any atom is 0.224 e. The molecule has 0 saturated heterocycles. The molecule has 6 heteroatoms. The Hall–Kier alpha value is -1.11. The molecule has 0 aliphatic carbocycles. The van der Waals surface area contributed by atoms with Gasteiger partial charge in [-0.2, -0.15) is 0 Å². The molecule has 0 aliphatic heterocycles. The van der Waals surface area contributed by atoms with Gasteiger partial charge >= 0.3 is 0 Å². The van der Waals surface area contributed by atoms with Gasteiger partial charge in [0.25, 0.3) is 0 Å². The summed E-state index contributed by atoms with van der Waals surface area (Å²) in [6.45, 7) is 4.45. The predicted octanol–water partition coefficient (Wildman–Crippen LogP) is 1.29. The Bertz CT molecular complexity index is 435. The molecule has 5 nitrogen and oxygen atoms in total. The Morgan fingerprint density at radius 2 is 2.05 bits per heavy atom. The Morgan fingerprint density at radius 3 is 2.60 bits per heavy atom. The standard InChI is InChI=1S/C14H21BrN2O3/c1-14(2,13(16)19)9-17-7-11(18)8-20-12-5-3-10(15)4-6-12/h3-6,11,17-18H,7-9H2,1-2H3,(H2,16,19). The number of amides is 1. The first-order valence-corrected chi connectivity index (χ1v) is 7.17. The second-order valence-electron chi connectivity index (χ2n) is 5.30. The van der Waals surface area contributed by atoms with E-state index in [4.69, 9.17) is 10.5 Å². The fourth-order valence-electron chi connectivity index (χ4n) is 1.42. The number of carbonyl (C=O) groups excluding carboxylic acids is 1. The molecule has 0 bridgehead atoms. The number of nitrogens with one attached hydrogen (secondary N) is 1. The zero-order valence-corrected chi connectivity index (χ0v) is 13.3. The highest BCUT2D eigenvalue weighted by Gasteiger charge is 2.24. The lowest BCUT2D eigenvalue weighted by molar-refractivity contribution is -0.125. The summed E-state index contributed by atoms with van der Waals surface area (Å²) in [5.74, 6) is 0.329. The summed E-state index contributed by atoms with van der Waals surface area (Å²) in [5, 5.41) is 12.8. The lowest BCUT2D eigenvalue weighted by Gasteiger charge is -2.22. The molecular weight excluding hydrogens is 324 g/mol. The van der Waals surface area contributed by atoms with E-state index in [-0.39, 0.29) is 12.5 Å². The molecule has 0 saturated carbocycles. The van der Waals surface area contributed by atoms with E-state index in [1.54, 1.807) is 13.8 Å². The SMILES string of the molecule is CC(C)(CNCC(O)COc1ccc(Br)cc1)C(N)=O. The van der Waals surface area contributed by atoms with Crippen molar-refractivity contribution in [2.24, 2.45) is 11.1 Å². The van der Waals surface area contributed by atoms with Crippen molar-refractivity contribution < 1.29 is 14.6 Å². The molecule has 0 aliphatic rings. The Morgan fingerprint density at radius 1 is 1.45 bits per heavy atom. The molecule has 1 unspecified atom stereocenters. The van der Waals surface area contributed by atoms with Crippen molar-refractivity contribution in [1.29, 1.82) is 0 Å². The smallest absolute Gasteiger partial charge is 0.224 e. The number of aliphatic hydroxyl groups excluding tert-OH is 1. The van der Waals surface area contributed by atoms with Gasteiger partial charge in [-0.15, -0.1) is 0 Å². The Balaban J connectivity index is 2.25. The molecule has 20 heavy (non-hydrogen) atoms. The summed E-state index contributed by atoms with van der Waals surface area (Å²) in [7, 11) is 0. The van der Waals surface area contributed by atoms with Crippen LogP contribution in [0.15, 0.2) is 28.7 Å². The lowest BCUT2D eigenvalue weighted by atomic mass is 9.93. The highest BCUT2D eigenvalue weighted by atomic mass is 79.9. The monoisotopic (exact) mass is 344 g/mol. The van der Waals surface area contributed by atoms with Crippen LogP contribution < -0.4 is 15.8 Å². The summed E-state index contributed by atoms with van der Waals surface area (Å²) in [6.07, 6.45) is -0.651. The predicted molar refractivity (Wildman–Crippen MR) is 81.5 cm³/mol. The first kappa shape index (κ1) is 16.9. The van der Waals surface area contributed by atoms with Crippen LogP contribution in [0.25, 0.3) is 0 Å². The van der Waals surface area contributed by atoms with E-state index in [0.29, 0.717) is 18.8 Å². The van der Waals surface area contributed by atoms with Crippen molar-refractivity contribution >= 4 is 21.8 Å². The van der Waals surface area contributed by atoms with E-state index < -0.39 is 11.5 Å². The van der Waals surface area contributed by atoms with Gasteiger partial charge in [0.05, 0.1) is 5.41 Å². The summed E-state index contributed by atoms with van der Waals surface area (Å²) in [4.78, 5) is 11.1. The Kier molecular flexibility index (Phi) is 6.45. The summed E-state index contributed by atoms with van der Waals surface area (Å²) in [6, 6.07) is 7.38. The van der Waals surface area contributed by atoms with Crippen molar-refractivity contribution in [1.82, 2.24) is 5.32 Å². The number of rotatable bonds is 8. The van der Waals surface area contributed by atoms with Gasteiger partial charge in [0, 0.05) is 17.6 Å².